The van der Waals surface area contributed by atoms with E-state index >= 15 is 0 Å². The molecule has 6 rings (SSSR count). The third-order valence-electron chi connectivity index (χ3n) is 6.48. The van der Waals surface area contributed by atoms with E-state index in [1.165, 1.54) is 5.56 Å². The molecule has 164 valence electrons. The van der Waals surface area contributed by atoms with Gasteiger partial charge in [-0.2, -0.15) is 0 Å². The van der Waals surface area contributed by atoms with Crippen LogP contribution in [0, 0.1) is 13.8 Å². The molecule has 4 aromatic carbocycles. The standard InChI is InChI=1S/C32H24O2/c1-20-13-15-28(33)25(17-20)26-19-24(22-9-5-3-6-10-22)31-30(26)27-18-21(2)14-16-29(27)34-32(31)23-11-7-4-8-12-23/h3-19,33H,1-2H3. The largest absolute Gasteiger partial charge is 0.507 e. The zero-order chi connectivity index (χ0) is 23.2. The van der Waals surface area contributed by atoms with Crippen molar-refractivity contribution in [3.8, 4) is 50.5 Å². The molecular weight excluding hydrogens is 416 g/mol. The Balaban J connectivity index is 1.82. The average molecular weight is 441 g/mol. The molecule has 0 bridgehead atoms. The summed E-state index contributed by atoms with van der Waals surface area (Å²) in [7, 11) is 0. The number of rotatable bonds is 3. The smallest absolute Gasteiger partial charge is 0.143 e. The molecule has 0 saturated heterocycles. The van der Waals surface area contributed by atoms with Gasteiger partial charge in [0.25, 0.3) is 0 Å². The van der Waals surface area contributed by atoms with Crippen LogP contribution in [0.5, 0.6) is 5.75 Å². The molecule has 0 radical (unpaired) electrons. The van der Waals surface area contributed by atoms with Crippen LogP contribution in [0.25, 0.3) is 55.7 Å². The molecule has 0 fully saturated rings. The monoisotopic (exact) mass is 440 g/mol. The highest BCUT2D eigenvalue weighted by Crippen LogP contribution is 2.53. The van der Waals surface area contributed by atoms with Gasteiger partial charge in [0, 0.05) is 27.6 Å². The van der Waals surface area contributed by atoms with Crippen molar-refractivity contribution >= 4 is 11.0 Å². The van der Waals surface area contributed by atoms with Crippen LogP contribution in [0.1, 0.15) is 11.1 Å². The van der Waals surface area contributed by atoms with E-state index in [-0.39, 0.29) is 5.75 Å². The second-order valence-electron chi connectivity index (χ2n) is 8.91. The highest BCUT2D eigenvalue weighted by molar-refractivity contribution is 6.13. The Morgan fingerprint density at radius 3 is 1.94 bits per heavy atom. The van der Waals surface area contributed by atoms with Crippen molar-refractivity contribution < 1.29 is 9.52 Å². The van der Waals surface area contributed by atoms with E-state index in [2.05, 4.69) is 74.5 Å². The molecule has 2 nitrogen and oxygen atoms in total. The predicted octanol–water partition coefficient (Wildman–Crippen LogP) is 8.86. The molecule has 0 amide bonds. The minimum Gasteiger partial charge on any atom is -0.507 e. The molecule has 4 aromatic rings. The van der Waals surface area contributed by atoms with Crippen molar-refractivity contribution in [1.82, 2.24) is 0 Å². The van der Waals surface area contributed by atoms with Gasteiger partial charge < -0.3 is 9.52 Å². The lowest BCUT2D eigenvalue weighted by Crippen LogP contribution is -1.91. The van der Waals surface area contributed by atoms with Gasteiger partial charge in [-0.25, -0.2) is 0 Å². The van der Waals surface area contributed by atoms with E-state index < -0.39 is 0 Å². The van der Waals surface area contributed by atoms with Crippen LogP contribution in [0.4, 0.5) is 0 Å². The summed E-state index contributed by atoms with van der Waals surface area (Å²) in [6.07, 6.45) is 0. The van der Waals surface area contributed by atoms with Gasteiger partial charge in [-0.3, -0.25) is 0 Å². The quantitative estimate of drug-likeness (QED) is 0.298. The maximum absolute atomic E-state index is 10.9. The number of hydrogen-bond donors (Lipinski definition) is 1. The van der Waals surface area contributed by atoms with Crippen LogP contribution in [-0.4, -0.2) is 5.11 Å². The lowest BCUT2D eigenvalue weighted by atomic mass is 9.91. The Morgan fingerprint density at radius 1 is 0.559 bits per heavy atom. The van der Waals surface area contributed by atoms with Gasteiger partial charge >= 0.3 is 0 Å². The van der Waals surface area contributed by atoms with E-state index in [0.29, 0.717) is 0 Å². The van der Waals surface area contributed by atoms with E-state index in [9.17, 15) is 5.11 Å². The van der Waals surface area contributed by atoms with Crippen molar-refractivity contribution in [3.63, 3.8) is 0 Å². The molecule has 0 unspecified atom stereocenters. The first kappa shape index (κ1) is 20.3. The fourth-order valence-corrected chi connectivity index (χ4v) is 4.88. The first-order chi connectivity index (χ1) is 16.6. The molecule has 34 heavy (non-hydrogen) atoms. The minimum atomic E-state index is 0.278. The molecule has 0 saturated carbocycles. The summed E-state index contributed by atoms with van der Waals surface area (Å²) in [5, 5.41) is 12.0. The number of phenolic OH excluding ortho intramolecular Hbond substituents is 1. The molecule has 0 aromatic heterocycles. The first-order valence-electron chi connectivity index (χ1n) is 11.5. The Bertz CT molecular complexity index is 1610. The third-order valence-corrected chi connectivity index (χ3v) is 6.48. The van der Waals surface area contributed by atoms with E-state index in [0.717, 1.165) is 61.2 Å². The fraction of sp³-hybridized carbons (Fsp3) is 0.0625. The van der Waals surface area contributed by atoms with Crippen LogP contribution < -0.4 is 0 Å². The molecule has 2 aliphatic rings. The average Bonchev–Trinajstić information content (AvgIpc) is 3.27. The SMILES string of the molecule is Cc1ccc(O)c(-c2cc(-c3ccccc3)c3c(-c4ccccc4)oc4ccc(C)cc4c2-3)c1. The topological polar surface area (TPSA) is 33.4 Å². The highest BCUT2D eigenvalue weighted by Gasteiger charge is 2.28. The molecule has 0 spiro atoms. The number of aromatic hydroxyl groups is 1. The Labute approximate surface area is 199 Å². The fourth-order valence-electron chi connectivity index (χ4n) is 4.88. The van der Waals surface area contributed by atoms with Gasteiger partial charge in [-0.15, -0.1) is 0 Å². The maximum Gasteiger partial charge on any atom is 0.143 e. The van der Waals surface area contributed by atoms with E-state index in [1.807, 2.05) is 36.4 Å². The lowest BCUT2D eigenvalue weighted by molar-refractivity contribution is 0.477. The second kappa shape index (κ2) is 7.93. The molecule has 1 aliphatic carbocycles. The summed E-state index contributed by atoms with van der Waals surface area (Å²) in [6, 6.07) is 35.0. The van der Waals surface area contributed by atoms with Gasteiger partial charge in [0.2, 0.25) is 0 Å². The van der Waals surface area contributed by atoms with Crippen molar-refractivity contribution in [3.05, 3.63) is 114 Å². The van der Waals surface area contributed by atoms with Crippen molar-refractivity contribution in [2.75, 3.05) is 0 Å². The number of aryl methyl sites for hydroxylation is 2. The molecule has 1 aliphatic heterocycles. The lowest BCUT2D eigenvalue weighted by Gasteiger charge is -2.16. The second-order valence-corrected chi connectivity index (χ2v) is 8.91. The number of hydrogen-bond acceptors (Lipinski definition) is 2. The summed E-state index contributed by atoms with van der Waals surface area (Å²) < 4.78 is 6.62. The molecular formula is C32H24O2. The van der Waals surface area contributed by atoms with E-state index in [1.54, 1.807) is 6.07 Å². The van der Waals surface area contributed by atoms with Gasteiger partial charge in [0.1, 0.15) is 17.1 Å². The number of phenols is 1. The van der Waals surface area contributed by atoms with Crippen molar-refractivity contribution in [2.24, 2.45) is 0 Å². The third kappa shape index (κ3) is 3.27. The van der Waals surface area contributed by atoms with E-state index in [4.69, 9.17) is 4.42 Å². The van der Waals surface area contributed by atoms with Gasteiger partial charge in [-0.1, -0.05) is 83.9 Å². The van der Waals surface area contributed by atoms with Crippen LogP contribution in [0.15, 0.2) is 108 Å². The summed E-state index contributed by atoms with van der Waals surface area (Å²) in [6.45, 7) is 4.15. The summed E-state index contributed by atoms with van der Waals surface area (Å²) >= 11 is 0. The summed E-state index contributed by atoms with van der Waals surface area (Å²) in [4.78, 5) is 0. The predicted molar refractivity (Wildman–Crippen MR) is 140 cm³/mol. The maximum atomic E-state index is 10.9. The summed E-state index contributed by atoms with van der Waals surface area (Å²) in [5.74, 6) is 1.11. The van der Waals surface area contributed by atoms with Gasteiger partial charge in [0.05, 0.1) is 0 Å². The Kier molecular flexibility index (Phi) is 4.74. The highest BCUT2D eigenvalue weighted by atomic mass is 16.3. The zero-order valence-electron chi connectivity index (χ0n) is 19.2. The molecule has 1 heterocycles. The number of fused-ring (bicyclic) bond motifs is 3. The molecule has 1 N–H and O–H groups in total. The Morgan fingerprint density at radius 2 is 1.21 bits per heavy atom. The van der Waals surface area contributed by atoms with Crippen molar-refractivity contribution in [1.29, 1.82) is 0 Å². The van der Waals surface area contributed by atoms with Gasteiger partial charge in [0.15, 0.2) is 0 Å². The van der Waals surface area contributed by atoms with Crippen molar-refractivity contribution in [2.45, 2.75) is 13.8 Å². The summed E-state index contributed by atoms with van der Waals surface area (Å²) in [5.41, 5.74) is 10.3. The normalized spacial score (nSPS) is 11.4. The first-order valence-corrected chi connectivity index (χ1v) is 11.5. The Hall–Kier alpha value is -4.30. The zero-order valence-corrected chi connectivity index (χ0v) is 19.2. The van der Waals surface area contributed by atoms with Crippen LogP contribution in [-0.2, 0) is 0 Å². The van der Waals surface area contributed by atoms with Crippen LogP contribution in [0.2, 0.25) is 0 Å². The van der Waals surface area contributed by atoms with Crippen LogP contribution >= 0.6 is 0 Å². The number of benzene rings is 4. The van der Waals surface area contributed by atoms with Gasteiger partial charge in [-0.05, 0) is 60.9 Å². The molecule has 0 atom stereocenters. The molecule has 2 heteroatoms. The van der Waals surface area contributed by atoms with Crippen LogP contribution in [0.3, 0.4) is 0 Å². The minimum absolute atomic E-state index is 0.278.